The molecule has 0 fully saturated rings. The van der Waals surface area contributed by atoms with Crippen molar-refractivity contribution in [2.75, 3.05) is 11.9 Å². The molecule has 0 aliphatic carbocycles. The Morgan fingerprint density at radius 1 is 1.35 bits per heavy atom. The van der Waals surface area contributed by atoms with Crippen LogP contribution in [0.2, 0.25) is 0 Å². The molecule has 1 rings (SSSR count). The van der Waals surface area contributed by atoms with Crippen LogP contribution < -0.4 is 10.1 Å². The standard InChI is InChI=1S/C14H22FNO/c1-4-6-7-11(3)16-13-9-8-12(15)10-14(13)17-5-2/h8-11,16H,4-7H2,1-3H3. The van der Waals surface area contributed by atoms with Gasteiger partial charge in [-0.05, 0) is 32.4 Å². The largest absolute Gasteiger partial charge is 0.492 e. The summed E-state index contributed by atoms with van der Waals surface area (Å²) in [4.78, 5) is 0. The van der Waals surface area contributed by atoms with Crippen molar-refractivity contribution < 1.29 is 9.13 Å². The van der Waals surface area contributed by atoms with E-state index in [9.17, 15) is 4.39 Å². The molecule has 0 amide bonds. The molecule has 0 aromatic heterocycles. The van der Waals surface area contributed by atoms with Crippen molar-refractivity contribution in [3.05, 3.63) is 24.0 Å². The summed E-state index contributed by atoms with van der Waals surface area (Å²) in [6.45, 7) is 6.75. The molecule has 1 aromatic carbocycles. The lowest BCUT2D eigenvalue weighted by Crippen LogP contribution is -2.15. The normalized spacial score (nSPS) is 12.2. The molecular formula is C14H22FNO. The zero-order valence-electron chi connectivity index (χ0n) is 10.9. The van der Waals surface area contributed by atoms with E-state index in [0.29, 0.717) is 18.4 Å². The molecule has 0 saturated heterocycles. The molecule has 0 saturated carbocycles. The lowest BCUT2D eigenvalue weighted by Gasteiger charge is -2.17. The molecule has 1 atom stereocenters. The SMILES string of the molecule is CCCCC(C)Nc1ccc(F)cc1OCC. The van der Waals surface area contributed by atoms with Crippen molar-refractivity contribution in [3.63, 3.8) is 0 Å². The van der Waals surface area contributed by atoms with E-state index in [0.717, 1.165) is 12.1 Å². The van der Waals surface area contributed by atoms with Gasteiger partial charge in [-0.15, -0.1) is 0 Å². The van der Waals surface area contributed by atoms with Gasteiger partial charge in [0.1, 0.15) is 11.6 Å². The molecular weight excluding hydrogens is 217 g/mol. The van der Waals surface area contributed by atoms with Gasteiger partial charge in [0.15, 0.2) is 0 Å². The molecule has 0 aliphatic rings. The third-order valence-corrected chi connectivity index (χ3v) is 2.64. The van der Waals surface area contributed by atoms with Gasteiger partial charge in [0.2, 0.25) is 0 Å². The monoisotopic (exact) mass is 239 g/mol. The molecule has 96 valence electrons. The van der Waals surface area contributed by atoms with Crippen molar-refractivity contribution in [2.45, 2.75) is 46.1 Å². The van der Waals surface area contributed by atoms with Gasteiger partial charge in [-0.25, -0.2) is 4.39 Å². The number of nitrogens with one attached hydrogen (secondary N) is 1. The van der Waals surface area contributed by atoms with Gasteiger partial charge < -0.3 is 10.1 Å². The van der Waals surface area contributed by atoms with Crippen LogP contribution in [0.3, 0.4) is 0 Å². The number of benzene rings is 1. The Labute approximate surface area is 103 Å². The predicted molar refractivity (Wildman–Crippen MR) is 70.2 cm³/mol. The van der Waals surface area contributed by atoms with Gasteiger partial charge in [-0.3, -0.25) is 0 Å². The Hall–Kier alpha value is -1.25. The van der Waals surface area contributed by atoms with Gasteiger partial charge in [0.25, 0.3) is 0 Å². The van der Waals surface area contributed by atoms with Crippen molar-refractivity contribution >= 4 is 5.69 Å². The van der Waals surface area contributed by atoms with Crippen LogP contribution in [0, 0.1) is 5.82 Å². The van der Waals surface area contributed by atoms with E-state index in [1.54, 1.807) is 6.07 Å². The van der Waals surface area contributed by atoms with Crippen LogP contribution >= 0.6 is 0 Å². The highest BCUT2D eigenvalue weighted by molar-refractivity contribution is 5.56. The molecule has 0 aliphatic heterocycles. The van der Waals surface area contributed by atoms with Crippen LogP contribution in [-0.4, -0.2) is 12.6 Å². The number of anilines is 1. The summed E-state index contributed by atoms with van der Waals surface area (Å²) in [5.41, 5.74) is 0.872. The van der Waals surface area contributed by atoms with Crippen LogP contribution in [0.25, 0.3) is 0 Å². The van der Waals surface area contributed by atoms with Gasteiger partial charge in [0, 0.05) is 12.1 Å². The minimum Gasteiger partial charge on any atom is -0.492 e. The lowest BCUT2D eigenvalue weighted by molar-refractivity contribution is 0.339. The fourth-order valence-electron chi connectivity index (χ4n) is 1.74. The number of ether oxygens (including phenoxy) is 1. The second-order valence-corrected chi connectivity index (χ2v) is 4.26. The van der Waals surface area contributed by atoms with E-state index < -0.39 is 0 Å². The number of unbranched alkanes of at least 4 members (excludes halogenated alkanes) is 1. The summed E-state index contributed by atoms with van der Waals surface area (Å²) < 4.78 is 18.5. The highest BCUT2D eigenvalue weighted by atomic mass is 19.1. The van der Waals surface area contributed by atoms with E-state index >= 15 is 0 Å². The molecule has 0 spiro atoms. The molecule has 2 nitrogen and oxygen atoms in total. The zero-order chi connectivity index (χ0) is 12.7. The van der Waals surface area contributed by atoms with Crippen molar-refractivity contribution in [3.8, 4) is 5.75 Å². The van der Waals surface area contributed by atoms with Gasteiger partial charge in [-0.2, -0.15) is 0 Å². The maximum absolute atomic E-state index is 13.1. The van der Waals surface area contributed by atoms with E-state index in [2.05, 4.69) is 19.2 Å². The first-order valence-electron chi connectivity index (χ1n) is 6.36. The summed E-state index contributed by atoms with van der Waals surface area (Å²) >= 11 is 0. The fourth-order valence-corrected chi connectivity index (χ4v) is 1.74. The third-order valence-electron chi connectivity index (χ3n) is 2.64. The molecule has 0 heterocycles. The Balaban J connectivity index is 2.68. The first kappa shape index (κ1) is 13.8. The Morgan fingerprint density at radius 2 is 2.12 bits per heavy atom. The van der Waals surface area contributed by atoms with E-state index in [-0.39, 0.29) is 5.82 Å². The summed E-state index contributed by atoms with van der Waals surface area (Å²) in [6.07, 6.45) is 3.49. The predicted octanol–water partition coefficient (Wildman–Crippen LogP) is 4.22. The topological polar surface area (TPSA) is 21.3 Å². The van der Waals surface area contributed by atoms with Crippen LogP contribution in [0.5, 0.6) is 5.75 Å². The van der Waals surface area contributed by atoms with E-state index in [1.165, 1.54) is 25.0 Å². The average Bonchev–Trinajstić information content (AvgIpc) is 2.30. The second kappa shape index (κ2) is 7.15. The summed E-state index contributed by atoms with van der Waals surface area (Å²) in [5.74, 6) is 0.330. The number of hydrogen-bond acceptors (Lipinski definition) is 2. The van der Waals surface area contributed by atoms with Crippen LogP contribution in [0.15, 0.2) is 18.2 Å². The molecule has 0 radical (unpaired) electrons. The fraction of sp³-hybridized carbons (Fsp3) is 0.571. The van der Waals surface area contributed by atoms with Gasteiger partial charge in [0.05, 0.1) is 12.3 Å². The van der Waals surface area contributed by atoms with E-state index in [1.807, 2.05) is 6.92 Å². The van der Waals surface area contributed by atoms with Gasteiger partial charge in [-0.1, -0.05) is 19.8 Å². The highest BCUT2D eigenvalue weighted by Crippen LogP contribution is 2.26. The van der Waals surface area contributed by atoms with Gasteiger partial charge >= 0.3 is 0 Å². The van der Waals surface area contributed by atoms with Crippen LogP contribution in [-0.2, 0) is 0 Å². The molecule has 17 heavy (non-hydrogen) atoms. The zero-order valence-corrected chi connectivity index (χ0v) is 10.9. The minimum absolute atomic E-state index is 0.264. The summed E-state index contributed by atoms with van der Waals surface area (Å²) in [6, 6.07) is 5.00. The smallest absolute Gasteiger partial charge is 0.145 e. The minimum atomic E-state index is -0.264. The maximum atomic E-state index is 13.1. The Kier molecular flexibility index (Phi) is 5.81. The molecule has 0 bridgehead atoms. The first-order chi connectivity index (χ1) is 8.17. The molecule has 1 unspecified atom stereocenters. The number of hydrogen-bond donors (Lipinski definition) is 1. The van der Waals surface area contributed by atoms with Crippen molar-refractivity contribution in [2.24, 2.45) is 0 Å². The number of halogens is 1. The number of rotatable bonds is 7. The third kappa shape index (κ3) is 4.63. The Morgan fingerprint density at radius 3 is 2.76 bits per heavy atom. The Bertz CT molecular complexity index is 341. The van der Waals surface area contributed by atoms with E-state index in [4.69, 9.17) is 4.74 Å². The summed E-state index contributed by atoms with van der Waals surface area (Å²) in [7, 11) is 0. The molecule has 1 aromatic rings. The molecule has 3 heteroatoms. The highest BCUT2D eigenvalue weighted by Gasteiger charge is 2.08. The van der Waals surface area contributed by atoms with Crippen molar-refractivity contribution in [1.82, 2.24) is 0 Å². The average molecular weight is 239 g/mol. The van der Waals surface area contributed by atoms with Crippen LogP contribution in [0.4, 0.5) is 10.1 Å². The first-order valence-corrected chi connectivity index (χ1v) is 6.36. The molecule has 1 N–H and O–H groups in total. The van der Waals surface area contributed by atoms with Crippen molar-refractivity contribution in [1.29, 1.82) is 0 Å². The maximum Gasteiger partial charge on any atom is 0.145 e. The second-order valence-electron chi connectivity index (χ2n) is 4.26. The van der Waals surface area contributed by atoms with Crippen LogP contribution in [0.1, 0.15) is 40.0 Å². The summed E-state index contributed by atoms with van der Waals surface area (Å²) in [5, 5.41) is 3.37. The lowest BCUT2D eigenvalue weighted by atomic mass is 10.1. The quantitative estimate of drug-likeness (QED) is 0.769.